The van der Waals surface area contributed by atoms with E-state index in [0.717, 1.165) is 11.3 Å². The summed E-state index contributed by atoms with van der Waals surface area (Å²) in [7, 11) is 0.0511. The predicted molar refractivity (Wildman–Crippen MR) is 101 cm³/mol. The van der Waals surface area contributed by atoms with Crippen molar-refractivity contribution in [2.75, 3.05) is 31.0 Å². The number of anilines is 1. The monoisotopic (exact) mass is 393 g/mol. The number of benzene rings is 1. The SMILES string of the molecule is COc1ccc(CC(=O)Nc2cc(C)nn2C2CCS(=O)(=O)C2)cc1OC. The van der Waals surface area contributed by atoms with Crippen molar-refractivity contribution in [3.05, 3.63) is 35.5 Å². The molecule has 0 saturated carbocycles. The molecule has 1 N–H and O–H groups in total. The van der Waals surface area contributed by atoms with Crippen molar-refractivity contribution in [2.45, 2.75) is 25.8 Å². The first kappa shape index (κ1) is 19.2. The van der Waals surface area contributed by atoms with Crippen LogP contribution in [0.2, 0.25) is 0 Å². The van der Waals surface area contributed by atoms with Crippen LogP contribution in [0.5, 0.6) is 11.5 Å². The van der Waals surface area contributed by atoms with Crippen LogP contribution in [0.3, 0.4) is 0 Å². The topological polar surface area (TPSA) is 99.5 Å². The molecule has 1 amide bonds. The number of ether oxygens (including phenoxy) is 2. The molecule has 2 aromatic rings. The van der Waals surface area contributed by atoms with E-state index in [1.807, 2.05) is 6.92 Å². The number of nitrogens with one attached hydrogen (secondary N) is 1. The summed E-state index contributed by atoms with van der Waals surface area (Å²) < 4.78 is 35.6. The summed E-state index contributed by atoms with van der Waals surface area (Å²) in [5, 5.41) is 7.21. The number of carbonyl (C=O) groups excluding carboxylic acids is 1. The molecule has 0 aliphatic carbocycles. The largest absolute Gasteiger partial charge is 0.493 e. The first-order valence-electron chi connectivity index (χ1n) is 8.58. The lowest BCUT2D eigenvalue weighted by atomic mass is 10.1. The van der Waals surface area contributed by atoms with Crippen LogP contribution in [0.15, 0.2) is 24.3 Å². The van der Waals surface area contributed by atoms with E-state index in [2.05, 4.69) is 10.4 Å². The first-order chi connectivity index (χ1) is 12.8. The van der Waals surface area contributed by atoms with Gasteiger partial charge in [-0.3, -0.25) is 4.79 Å². The molecule has 1 fully saturated rings. The molecule has 27 heavy (non-hydrogen) atoms. The Morgan fingerprint density at radius 3 is 2.63 bits per heavy atom. The predicted octanol–water partition coefficient (Wildman–Crippen LogP) is 1.75. The average Bonchev–Trinajstić information content (AvgIpc) is 3.16. The fourth-order valence-electron chi connectivity index (χ4n) is 3.22. The number of hydrogen-bond acceptors (Lipinski definition) is 6. The minimum atomic E-state index is -3.04. The molecule has 9 heteroatoms. The van der Waals surface area contributed by atoms with Gasteiger partial charge in [0.15, 0.2) is 21.3 Å². The molecule has 1 saturated heterocycles. The Morgan fingerprint density at radius 1 is 1.26 bits per heavy atom. The van der Waals surface area contributed by atoms with Gasteiger partial charge in [0.2, 0.25) is 5.91 Å². The molecule has 2 heterocycles. The molecule has 1 aromatic carbocycles. The standard InChI is InChI=1S/C18H23N3O5S/c1-12-8-17(21(20-12)14-6-7-27(23,24)11-14)19-18(22)10-13-4-5-15(25-2)16(9-13)26-3/h4-5,8-9,14H,6-7,10-11H2,1-3H3,(H,19,22). The van der Waals surface area contributed by atoms with Crippen molar-refractivity contribution in [2.24, 2.45) is 0 Å². The molecule has 0 radical (unpaired) electrons. The highest BCUT2D eigenvalue weighted by atomic mass is 32.2. The van der Waals surface area contributed by atoms with Crippen LogP contribution >= 0.6 is 0 Å². The minimum Gasteiger partial charge on any atom is -0.493 e. The van der Waals surface area contributed by atoms with Crippen LogP contribution in [0.4, 0.5) is 5.82 Å². The van der Waals surface area contributed by atoms with Gasteiger partial charge in [0.1, 0.15) is 5.82 Å². The van der Waals surface area contributed by atoms with Gasteiger partial charge in [0.05, 0.1) is 43.9 Å². The normalized spacial score (nSPS) is 18.3. The number of sulfone groups is 1. The van der Waals surface area contributed by atoms with Gasteiger partial charge in [0.25, 0.3) is 0 Å². The van der Waals surface area contributed by atoms with Crippen LogP contribution in [0, 0.1) is 6.92 Å². The summed E-state index contributed by atoms with van der Waals surface area (Å²) in [4.78, 5) is 12.5. The van der Waals surface area contributed by atoms with Gasteiger partial charge >= 0.3 is 0 Å². The maximum atomic E-state index is 12.5. The van der Waals surface area contributed by atoms with Crippen molar-refractivity contribution >= 4 is 21.6 Å². The molecular formula is C18H23N3O5S. The number of hydrogen-bond donors (Lipinski definition) is 1. The zero-order valence-electron chi connectivity index (χ0n) is 15.6. The number of methoxy groups -OCH3 is 2. The van der Waals surface area contributed by atoms with Gasteiger partial charge in [-0.15, -0.1) is 0 Å². The Hall–Kier alpha value is -2.55. The molecule has 0 bridgehead atoms. The molecular weight excluding hydrogens is 370 g/mol. The molecule has 1 aliphatic heterocycles. The number of rotatable bonds is 6. The van der Waals surface area contributed by atoms with Crippen molar-refractivity contribution in [1.29, 1.82) is 0 Å². The summed E-state index contributed by atoms with van der Waals surface area (Å²) >= 11 is 0. The van der Waals surface area contributed by atoms with E-state index in [0.29, 0.717) is 23.7 Å². The highest BCUT2D eigenvalue weighted by Crippen LogP contribution is 2.29. The fourth-order valence-corrected chi connectivity index (χ4v) is 4.91. The van der Waals surface area contributed by atoms with Crippen molar-refractivity contribution in [3.63, 3.8) is 0 Å². The van der Waals surface area contributed by atoms with Crippen LogP contribution in [-0.2, 0) is 21.1 Å². The summed E-state index contributed by atoms with van der Waals surface area (Å²) in [6.07, 6.45) is 0.648. The van der Waals surface area contributed by atoms with E-state index in [9.17, 15) is 13.2 Å². The van der Waals surface area contributed by atoms with Crippen LogP contribution in [0.1, 0.15) is 23.7 Å². The zero-order chi connectivity index (χ0) is 19.6. The fraction of sp³-hybridized carbons (Fsp3) is 0.444. The van der Waals surface area contributed by atoms with E-state index in [-0.39, 0.29) is 29.9 Å². The molecule has 1 aliphatic rings. The maximum absolute atomic E-state index is 12.5. The van der Waals surface area contributed by atoms with E-state index in [4.69, 9.17) is 9.47 Å². The lowest BCUT2D eigenvalue weighted by Crippen LogP contribution is -2.20. The van der Waals surface area contributed by atoms with Gasteiger partial charge in [0, 0.05) is 6.07 Å². The van der Waals surface area contributed by atoms with E-state index >= 15 is 0 Å². The number of carbonyl (C=O) groups is 1. The molecule has 3 rings (SSSR count). The lowest BCUT2D eigenvalue weighted by Gasteiger charge is -2.14. The van der Waals surface area contributed by atoms with Gasteiger partial charge in [-0.05, 0) is 31.0 Å². The summed E-state index contributed by atoms with van der Waals surface area (Å²) in [6.45, 7) is 1.81. The van der Waals surface area contributed by atoms with Crippen molar-refractivity contribution in [1.82, 2.24) is 9.78 Å². The van der Waals surface area contributed by atoms with Gasteiger partial charge in [-0.1, -0.05) is 6.07 Å². The summed E-state index contributed by atoms with van der Waals surface area (Å²) in [5.41, 5.74) is 1.50. The Balaban J connectivity index is 1.73. The number of aryl methyl sites for hydroxylation is 1. The third kappa shape index (κ3) is 4.41. The highest BCUT2D eigenvalue weighted by Gasteiger charge is 2.31. The van der Waals surface area contributed by atoms with Gasteiger partial charge < -0.3 is 14.8 Å². The molecule has 1 unspecified atom stereocenters. The zero-order valence-corrected chi connectivity index (χ0v) is 16.4. The second-order valence-electron chi connectivity index (χ2n) is 6.59. The third-order valence-corrected chi connectivity index (χ3v) is 6.24. The lowest BCUT2D eigenvalue weighted by molar-refractivity contribution is -0.115. The van der Waals surface area contributed by atoms with Crippen molar-refractivity contribution in [3.8, 4) is 11.5 Å². The van der Waals surface area contributed by atoms with Crippen LogP contribution < -0.4 is 14.8 Å². The Kier molecular flexibility index (Phi) is 5.41. The Morgan fingerprint density at radius 2 is 2.00 bits per heavy atom. The number of aromatic nitrogens is 2. The molecule has 0 spiro atoms. The second kappa shape index (κ2) is 7.59. The number of amides is 1. The molecule has 1 atom stereocenters. The van der Waals surface area contributed by atoms with Crippen LogP contribution in [0.25, 0.3) is 0 Å². The summed E-state index contributed by atoms with van der Waals surface area (Å²) in [6, 6.07) is 6.80. The van der Waals surface area contributed by atoms with E-state index in [1.54, 1.807) is 43.2 Å². The average molecular weight is 393 g/mol. The van der Waals surface area contributed by atoms with Gasteiger partial charge in [-0.2, -0.15) is 5.10 Å². The highest BCUT2D eigenvalue weighted by molar-refractivity contribution is 7.91. The quantitative estimate of drug-likeness (QED) is 0.803. The Labute approximate surface area is 158 Å². The smallest absolute Gasteiger partial charge is 0.229 e. The molecule has 1 aromatic heterocycles. The molecule has 8 nitrogen and oxygen atoms in total. The number of nitrogens with zero attached hydrogens (tertiary/aromatic N) is 2. The van der Waals surface area contributed by atoms with E-state index < -0.39 is 9.84 Å². The minimum absolute atomic E-state index is 0.0483. The van der Waals surface area contributed by atoms with Crippen molar-refractivity contribution < 1.29 is 22.7 Å². The third-order valence-electron chi connectivity index (χ3n) is 4.49. The van der Waals surface area contributed by atoms with Crippen LogP contribution in [-0.4, -0.2) is 49.8 Å². The van der Waals surface area contributed by atoms with E-state index in [1.165, 1.54) is 0 Å². The Bertz CT molecular complexity index is 952. The van der Waals surface area contributed by atoms with Gasteiger partial charge in [-0.25, -0.2) is 13.1 Å². The second-order valence-corrected chi connectivity index (χ2v) is 8.82. The summed E-state index contributed by atoms with van der Waals surface area (Å²) in [5.74, 6) is 1.64. The maximum Gasteiger partial charge on any atom is 0.229 e. The molecule has 146 valence electrons. The first-order valence-corrected chi connectivity index (χ1v) is 10.4.